The van der Waals surface area contributed by atoms with Gasteiger partial charge in [0.2, 0.25) is 5.91 Å². The van der Waals surface area contributed by atoms with E-state index >= 15 is 0 Å². The maximum Gasteiger partial charge on any atom is 0.272 e. The summed E-state index contributed by atoms with van der Waals surface area (Å²) in [6.07, 6.45) is 4.70. The Hall–Kier alpha value is -3.91. The first-order chi connectivity index (χ1) is 20.1. The quantitative estimate of drug-likeness (QED) is 0.258. The highest BCUT2D eigenvalue weighted by atomic mass is 32.1. The molecule has 0 bridgehead atoms. The smallest absolute Gasteiger partial charge is 0.272 e. The first-order valence-electron chi connectivity index (χ1n) is 13.3. The van der Waals surface area contributed by atoms with Crippen LogP contribution in [0.1, 0.15) is 45.8 Å². The molecule has 3 aromatic rings. The Morgan fingerprint density at radius 1 is 1.17 bits per heavy atom. The van der Waals surface area contributed by atoms with E-state index in [1.54, 1.807) is 23.1 Å². The Morgan fingerprint density at radius 3 is 2.64 bits per heavy atom. The lowest BCUT2D eigenvalue weighted by atomic mass is 9.49. The Bertz CT molecular complexity index is 1510. The molecule has 0 spiro atoms. The molecule has 1 aromatic carbocycles. The SMILES string of the molecule is [B]C([B])([B])NC(=O)c1nnc(NC(=O)C2CC2)cc1Nc1cccc(-c2ncc(C(=O)N3CCC[C@H]3CO)s2)c1OC. The molecule has 3 amide bonds. The number of ether oxygens (including phenoxy) is 1. The van der Waals surface area contributed by atoms with Gasteiger partial charge in [0, 0.05) is 18.5 Å². The maximum atomic E-state index is 13.1. The van der Waals surface area contributed by atoms with Crippen molar-refractivity contribution in [3.63, 3.8) is 0 Å². The van der Waals surface area contributed by atoms with Gasteiger partial charge in [-0.1, -0.05) is 11.3 Å². The number of thiazole rings is 1. The Kier molecular flexibility index (Phi) is 8.55. The van der Waals surface area contributed by atoms with E-state index in [-0.39, 0.29) is 47.6 Å². The number of carbonyl (C=O) groups is 3. The van der Waals surface area contributed by atoms with Crippen molar-refractivity contribution in [2.45, 2.75) is 37.0 Å². The summed E-state index contributed by atoms with van der Waals surface area (Å²) in [5, 5.41) is 24.1. The first-order valence-corrected chi connectivity index (χ1v) is 14.1. The molecule has 1 atom stereocenters. The molecule has 4 N–H and O–H groups in total. The predicted molar refractivity (Wildman–Crippen MR) is 159 cm³/mol. The minimum Gasteiger partial charge on any atom is -0.494 e. The van der Waals surface area contributed by atoms with Crippen molar-refractivity contribution in [1.29, 1.82) is 0 Å². The summed E-state index contributed by atoms with van der Waals surface area (Å²) in [4.78, 5) is 44.9. The number of carbonyl (C=O) groups excluding carboxylic acids is 3. The fourth-order valence-electron chi connectivity index (χ4n) is 4.65. The van der Waals surface area contributed by atoms with Crippen LogP contribution in [0, 0.1) is 5.92 Å². The van der Waals surface area contributed by atoms with E-state index in [0.717, 1.165) is 25.7 Å². The van der Waals surface area contributed by atoms with E-state index in [2.05, 4.69) is 31.1 Å². The molecule has 5 rings (SSSR count). The number of hydrogen-bond donors (Lipinski definition) is 4. The topological polar surface area (TPSA) is 159 Å². The monoisotopic (exact) mass is 581 g/mol. The van der Waals surface area contributed by atoms with E-state index in [4.69, 9.17) is 28.3 Å². The minimum atomic E-state index is -2.02. The number of aliphatic hydroxyl groups excluding tert-OH is 1. The van der Waals surface area contributed by atoms with Gasteiger partial charge in [0.15, 0.2) is 17.3 Å². The zero-order valence-corrected chi connectivity index (χ0v) is 23.6. The Morgan fingerprint density at radius 2 is 1.95 bits per heavy atom. The molecule has 3 heterocycles. The van der Waals surface area contributed by atoms with Crippen LogP contribution in [0.3, 0.4) is 0 Å². The van der Waals surface area contributed by atoms with Gasteiger partial charge in [-0.05, 0) is 37.8 Å². The number of anilines is 3. The summed E-state index contributed by atoms with van der Waals surface area (Å²) in [7, 11) is 18.1. The number of nitrogens with one attached hydrogen (secondary N) is 3. The van der Waals surface area contributed by atoms with Gasteiger partial charge < -0.3 is 30.7 Å². The molecule has 6 radical (unpaired) electrons. The average Bonchev–Trinajstić information content (AvgIpc) is 3.49. The second-order valence-electron chi connectivity index (χ2n) is 10.2. The third kappa shape index (κ3) is 6.60. The summed E-state index contributed by atoms with van der Waals surface area (Å²) >= 11 is 1.20. The van der Waals surface area contributed by atoms with E-state index in [1.165, 1.54) is 30.7 Å². The number of benzene rings is 1. The highest BCUT2D eigenvalue weighted by molar-refractivity contribution is 7.17. The number of methoxy groups -OCH3 is 1. The molecule has 0 unspecified atom stereocenters. The molecule has 1 aliphatic heterocycles. The van der Waals surface area contributed by atoms with E-state index in [9.17, 15) is 19.5 Å². The normalized spacial score (nSPS) is 16.6. The van der Waals surface area contributed by atoms with Gasteiger partial charge >= 0.3 is 0 Å². The van der Waals surface area contributed by atoms with Crippen molar-refractivity contribution in [2.75, 3.05) is 30.9 Å². The molecular weight excluding hydrogens is 555 g/mol. The second kappa shape index (κ2) is 12.1. The summed E-state index contributed by atoms with van der Waals surface area (Å²) < 4.78 is 5.73. The van der Waals surface area contributed by atoms with E-state index < -0.39 is 11.1 Å². The van der Waals surface area contributed by atoms with Crippen molar-refractivity contribution < 1.29 is 24.2 Å². The van der Waals surface area contributed by atoms with Crippen molar-refractivity contribution in [3.8, 4) is 16.3 Å². The van der Waals surface area contributed by atoms with Crippen LogP contribution in [0.4, 0.5) is 17.2 Å². The standard InChI is InChI=1S/C26H26B3N7O5S/c1-41-21-15(24-30-11-18(42-24)25(40)36-9-3-4-14(36)12-37)5-2-6-16(21)31-17-10-19(32-22(38)13-7-8-13)34-35-20(17)23(39)33-26(27,28)29/h2,5-6,10-11,13-14,37H,3-4,7-9,12H2,1H3,(H,33,39)(H2,31,32,34,38)/t14-/m0/s1. The van der Waals surface area contributed by atoms with Gasteiger partial charge in [-0.2, -0.15) is 0 Å². The fourth-order valence-corrected chi connectivity index (χ4v) is 5.54. The molecular formula is C26H26B3N7O5S. The van der Waals surface area contributed by atoms with Gasteiger partial charge in [-0.25, -0.2) is 4.98 Å². The highest BCUT2D eigenvalue weighted by Gasteiger charge is 2.31. The van der Waals surface area contributed by atoms with Gasteiger partial charge in [-0.3, -0.25) is 14.4 Å². The average molecular weight is 581 g/mol. The van der Waals surface area contributed by atoms with Crippen LogP contribution in [-0.4, -0.2) is 98.0 Å². The van der Waals surface area contributed by atoms with Gasteiger partial charge in [-0.15, -0.1) is 21.5 Å². The van der Waals surface area contributed by atoms with Crippen molar-refractivity contribution in [2.24, 2.45) is 5.92 Å². The van der Waals surface area contributed by atoms with Crippen molar-refractivity contribution >= 4 is 69.8 Å². The number of nitrogens with zero attached hydrogens (tertiary/aromatic N) is 4. The molecule has 1 aliphatic carbocycles. The fraction of sp³-hybridized carbons (Fsp3) is 0.385. The molecule has 12 nitrogen and oxygen atoms in total. The largest absolute Gasteiger partial charge is 0.494 e. The number of aromatic nitrogens is 3. The number of aliphatic hydroxyl groups is 1. The number of rotatable bonds is 10. The zero-order chi connectivity index (χ0) is 30.0. The van der Waals surface area contributed by atoms with E-state index in [1.807, 2.05) is 0 Å². The van der Waals surface area contributed by atoms with Crippen LogP contribution in [0.15, 0.2) is 30.5 Å². The molecule has 210 valence electrons. The molecule has 2 aliphatic rings. The third-order valence-electron chi connectivity index (χ3n) is 6.82. The molecule has 16 heteroatoms. The molecule has 42 heavy (non-hydrogen) atoms. The first kappa shape index (κ1) is 29.6. The molecule has 2 aromatic heterocycles. The number of amides is 3. The van der Waals surface area contributed by atoms with Crippen LogP contribution in [-0.2, 0) is 4.79 Å². The molecule has 2 fully saturated rings. The van der Waals surface area contributed by atoms with Gasteiger partial charge in [0.05, 0.1) is 66.4 Å². The Labute approximate surface area is 250 Å². The third-order valence-corrected chi connectivity index (χ3v) is 7.84. The van der Waals surface area contributed by atoms with Crippen LogP contribution < -0.4 is 20.7 Å². The summed E-state index contributed by atoms with van der Waals surface area (Å²) in [6, 6.07) is 6.50. The van der Waals surface area contributed by atoms with E-state index in [0.29, 0.717) is 33.4 Å². The van der Waals surface area contributed by atoms with Gasteiger partial charge in [0.25, 0.3) is 11.8 Å². The summed E-state index contributed by atoms with van der Waals surface area (Å²) in [6.45, 7) is 0.496. The molecule has 1 saturated heterocycles. The number of para-hydroxylation sites is 1. The lowest BCUT2D eigenvalue weighted by molar-refractivity contribution is -0.117. The Balaban J connectivity index is 1.46. The van der Waals surface area contributed by atoms with Crippen LogP contribution in [0.25, 0.3) is 10.6 Å². The lowest BCUT2D eigenvalue weighted by Crippen LogP contribution is -2.50. The minimum absolute atomic E-state index is 0.0784. The van der Waals surface area contributed by atoms with Crippen molar-refractivity contribution in [3.05, 3.63) is 41.0 Å². The van der Waals surface area contributed by atoms with Gasteiger partial charge in [0.1, 0.15) is 9.88 Å². The van der Waals surface area contributed by atoms with Crippen LogP contribution in [0.2, 0.25) is 0 Å². The molecule has 1 saturated carbocycles. The number of likely N-dealkylation sites (tertiary alicyclic amines) is 1. The van der Waals surface area contributed by atoms with Crippen molar-refractivity contribution in [1.82, 2.24) is 25.4 Å². The summed E-state index contributed by atoms with van der Waals surface area (Å²) in [5.41, 5.74) is 0.988. The lowest BCUT2D eigenvalue weighted by Gasteiger charge is -2.23. The number of hydrogen-bond acceptors (Lipinski definition) is 10. The zero-order valence-electron chi connectivity index (χ0n) is 22.8. The van der Waals surface area contributed by atoms with Crippen LogP contribution >= 0.6 is 11.3 Å². The summed E-state index contributed by atoms with van der Waals surface area (Å²) in [5.74, 6) is -0.752. The predicted octanol–water partition coefficient (Wildman–Crippen LogP) is 1.14. The highest BCUT2D eigenvalue weighted by Crippen LogP contribution is 2.40. The van der Waals surface area contributed by atoms with Crippen LogP contribution in [0.5, 0.6) is 5.75 Å². The second-order valence-corrected chi connectivity index (χ2v) is 11.2. The maximum absolute atomic E-state index is 13.1.